The number of benzene rings is 2. The Balaban J connectivity index is 1.38. The van der Waals surface area contributed by atoms with Crippen molar-refractivity contribution < 1.29 is 14.7 Å². The number of anilines is 3. The van der Waals surface area contributed by atoms with Crippen molar-refractivity contribution in [1.82, 2.24) is 4.98 Å². The van der Waals surface area contributed by atoms with E-state index in [1.54, 1.807) is 42.6 Å². The van der Waals surface area contributed by atoms with Crippen LogP contribution in [0.5, 0.6) is 0 Å². The minimum absolute atomic E-state index is 0.206. The standard InChI is InChI=1S/C25H26N4O3/c1-17-4-2-5-18(14-17)24(31)27-20-6-3-7-21(15-20)28-25(32)19-8-9-23(26-16-19)29-12-10-22(30)11-13-29/h2-9,14-16,22,30H,10-13H2,1H3,(H,27,31)(H,28,32). The first-order valence-electron chi connectivity index (χ1n) is 10.7. The molecule has 32 heavy (non-hydrogen) atoms. The summed E-state index contributed by atoms with van der Waals surface area (Å²) in [6, 6.07) is 18.0. The van der Waals surface area contributed by atoms with Crippen molar-refractivity contribution in [3.8, 4) is 0 Å². The number of aliphatic hydroxyl groups is 1. The number of carbonyl (C=O) groups excluding carboxylic acids is 2. The summed E-state index contributed by atoms with van der Waals surface area (Å²) in [7, 11) is 0. The third-order valence-electron chi connectivity index (χ3n) is 5.46. The topological polar surface area (TPSA) is 94.6 Å². The molecule has 1 saturated heterocycles. The van der Waals surface area contributed by atoms with Crippen LogP contribution >= 0.6 is 0 Å². The molecule has 7 nitrogen and oxygen atoms in total. The molecule has 0 unspecified atom stereocenters. The smallest absolute Gasteiger partial charge is 0.257 e. The average molecular weight is 431 g/mol. The fourth-order valence-corrected chi connectivity index (χ4v) is 3.67. The number of amides is 2. The molecule has 1 fully saturated rings. The van der Waals surface area contributed by atoms with E-state index in [2.05, 4.69) is 20.5 Å². The van der Waals surface area contributed by atoms with Crippen LogP contribution in [0.3, 0.4) is 0 Å². The number of nitrogens with one attached hydrogen (secondary N) is 2. The molecule has 0 aliphatic carbocycles. The molecule has 4 rings (SSSR count). The highest BCUT2D eigenvalue weighted by molar-refractivity contribution is 6.06. The van der Waals surface area contributed by atoms with Gasteiger partial charge in [0.05, 0.1) is 11.7 Å². The molecule has 1 aliphatic rings. The Hall–Kier alpha value is -3.71. The molecule has 1 aromatic heterocycles. The highest BCUT2D eigenvalue weighted by atomic mass is 16.3. The van der Waals surface area contributed by atoms with Crippen molar-refractivity contribution in [2.45, 2.75) is 25.9 Å². The molecule has 0 spiro atoms. The minimum Gasteiger partial charge on any atom is -0.393 e. The maximum atomic E-state index is 12.7. The maximum Gasteiger partial charge on any atom is 0.257 e. The highest BCUT2D eigenvalue weighted by Gasteiger charge is 2.18. The van der Waals surface area contributed by atoms with Crippen LogP contribution in [0.4, 0.5) is 17.2 Å². The Labute approximate surface area is 187 Å². The lowest BCUT2D eigenvalue weighted by Gasteiger charge is -2.30. The van der Waals surface area contributed by atoms with Gasteiger partial charge in [0.15, 0.2) is 0 Å². The van der Waals surface area contributed by atoms with E-state index in [0.717, 1.165) is 37.3 Å². The quantitative estimate of drug-likeness (QED) is 0.572. The summed E-state index contributed by atoms with van der Waals surface area (Å²) in [6.45, 7) is 3.44. The first kappa shape index (κ1) is 21.5. The molecule has 3 aromatic rings. The van der Waals surface area contributed by atoms with Crippen molar-refractivity contribution in [2.24, 2.45) is 0 Å². The Morgan fingerprint density at radius 3 is 2.19 bits per heavy atom. The molecular formula is C25H26N4O3. The summed E-state index contributed by atoms with van der Waals surface area (Å²) in [4.78, 5) is 31.6. The van der Waals surface area contributed by atoms with Gasteiger partial charge in [-0.25, -0.2) is 4.98 Å². The second kappa shape index (κ2) is 9.62. The number of piperidine rings is 1. The lowest BCUT2D eigenvalue weighted by Crippen LogP contribution is -2.36. The van der Waals surface area contributed by atoms with E-state index in [1.807, 2.05) is 31.2 Å². The van der Waals surface area contributed by atoms with Gasteiger partial charge >= 0.3 is 0 Å². The van der Waals surface area contributed by atoms with Crippen molar-refractivity contribution in [2.75, 3.05) is 28.6 Å². The molecule has 7 heteroatoms. The van der Waals surface area contributed by atoms with E-state index in [-0.39, 0.29) is 17.9 Å². The average Bonchev–Trinajstić information content (AvgIpc) is 2.80. The van der Waals surface area contributed by atoms with Crippen LogP contribution in [0.25, 0.3) is 0 Å². The maximum absolute atomic E-state index is 12.7. The van der Waals surface area contributed by atoms with Gasteiger partial charge < -0.3 is 20.6 Å². The van der Waals surface area contributed by atoms with Crippen LogP contribution in [0.15, 0.2) is 66.9 Å². The Morgan fingerprint density at radius 2 is 1.56 bits per heavy atom. The largest absolute Gasteiger partial charge is 0.393 e. The summed E-state index contributed by atoms with van der Waals surface area (Å²) < 4.78 is 0. The van der Waals surface area contributed by atoms with E-state index in [1.165, 1.54) is 0 Å². The first-order chi connectivity index (χ1) is 15.5. The molecular weight excluding hydrogens is 404 g/mol. The number of aliphatic hydroxyl groups excluding tert-OH is 1. The number of pyridine rings is 1. The van der Waals surface area contributed by atoms with E-state index < -0.39 is 0 Å². The third-order valence-corrected chi connectivity index (χ3v) is 5.46. The number of carbonyl (C=O) groups is 2. The normalized spacial score (nSPS) is 14.1. The van der Waals surface area contributed by atoms with Crippen LogP contribution in [0.1, 0.15) is 39.1 Å². The summed E-state index contributed by atoms with van der Waals surface area (Å²) in [6.07, 6.45) is 2.76. The molecule has 0 bridgehead atoms. The molecule has 0 saturated carbocycles. The Kier molecular flexibility index (Phi) is 6.47. The zero-order valence-corrected chi connectivity index (χ0v) is 17.9. The number of hydrogen-bond acceptors (Lipinski definition) is 5. The number of hydrogen-bond donors (Lipinski definition) is 3. The summed E-state index contributed by atoms with van der Waals surface area (Å²) in [5.74, 6) is 0.316. The van der Waals surface area contributed by atoms with Crippen LogP contribution in [0.2, 0.25) is 0 Å². The third kappa shape index (κ3) is 5.31. The van der Waals surface area contributed by atoms with Gasteiger partial charge in [-0.05, 0) is 62.2 Å². The lowest BCUT2D eigenvalue weighted by molar-refractivity contribution is 0.101. The molecule has 0 radical (unpaired) electrons. The van der Waals surface area contributed by atoms with Crippen LogP contribution in [0, 0.1) is 6.92 Å². The zero-order valence-electron chi connectivity index (χ0n) is 17.9. The van der Waals surface area contributed by atoms with Gasteiger partial charge in [-0.2, -0.15) is 0 Å². The van der Waals surface area contributed by atoms with E-state index in [0.29, 0.717) is 22.5 Å². The molecule has 2 aromatic carbocycles. The SMILES string of the molecule is Cc1cccc(C(=O)Nc2cccc(NC(=O)c3ccc(N4CCC(O)CC4)nc3)c2)c1. The van der Waals surface area contributed by atoms with Crippen LogP contribution in [-0.4, -0.2) is 41.1 Å². The number of rotatable bonds is 5. The Morgan fingerprint density at radius 1 is 0.906 bits per heavy atom. The summed E-state index contributed by atoms with van der Waals surface area (Å²) >= 11 is 0. The molecule has 2 amide bonds. The van der Waals surface area contributed by atoms with Crippen molar-refractivity contribution in [3.63, 3.8) is 0 Å². The first-order valence-corrected chi connectivity index (χ1v) is 10.7. The molecule has 2 heterocycles. The predicted molar refractivity (Wildman–Crippen MR) is 125 cm³/mol. The number of aromatic nitrogens is 1. The highest BCUT2D eigenvalue weighted by Crippen LogP contribution is 2.20. The monoisotopic (exact) mass is 430 g/mol. The van der Waals surface area contributed by atoms with Gasteiger partial charge in [0.2, 0.25) is 0 Å². The zero-order chi connectivity index (χ0) is 22.5. The van der Waals surface area contributed by atoms with Gasteiger partial charge in [-0.3, -0.25) is 9.59 Å². The summed E-state index contributed by atoms with van der Waals surface area (Å²) in [5, 5.41) is 15.4. The van der Waals surface area contributed by atoms with E-state index in [9.17, 15) is 14.7 Å². The van der Waals surface area contributed by atoms with Gasteiger partial charge in [-0.1, -0.05) is 23.8 Å². The fraction of sp³-hybridized carbons (Fsp3) is 0.240. The van der Waals surface area contributed by atoms with Crippen molar-refractivity contribution in [1.29, 1.82) is 0 Å². The Bertz CT molecular complexity index is 1110. The molecule has 3 N–H and O–H groups in total. The number of aryl methyl sites for hydroxylation is 1. The number of nitrogens with zero attached hydrogens (tertiary/aromatic N) is 2. The van der Waals surface area contributed by atoms with Crippen LogP contribution < -0.4 is 15.5 Å². The van der Waals surface area contributed by atoms with Crippen molar-refractivity contribution >= 4 is 29.0 Å². The second-order valence-electron chi connectivity index (χ2n) is 7.98. The van der Waals surface area contributed by atoms with Gasteiger partial charge in [0.25, 0.3) is 11.8 Å². The second-order valence-corrected chi connectivity index (χ2v) is 7.98. The van der Waals surface area contributed by atoms with Crippen LogP contribution in [-0.2, 0) is 0 Å². The fourth-order valence-electron chi connectivity index (χ4n) is 3.67. The predicted octanol–water partition coefficient (Wildman–Crippen LogP) is 3.86. The minimum atomic E-state index is -0.278. The van der Waals surface area contributed by atoms with Crippen molar-refractivity contribution in [3.05, 3.63) is 83.6 Å². The molecule has 164 valence electrons. The van der Waals surface area contributed by atoms with Gasteiger partial charge in [-0.15, -0.1) is 0 Å². The molecule has 1 aliphatic heterocycles. The summed E-state index contributed by atoms with van der Waals surface area (Å²) in [5.41, 5.74) is 3.20. The lowest BCUT2D eigenvalue weighted by atomic mass is 10.1. The van der Waals surface area contributed by atoms with E-state index in [4.69, 9.17) is 0 Å². The van der Waals surface area contributed by atoms with E-state index >= 15 is 0 Å². The molecule has 0 atom stereocenters. The van der Waals surface area contributed by atoms with Gasteiger partial charge in [0.1, 0.15) is 5.82 Å². The van der Waals surface area contributed by atoms with Gasteiger partial charge in [0, 0.05) is 36.2 Å².